The van der Waals surface area contributed by atoms with Crippen LogP contribution in [0.3, 0.4) is 0 Å². The number of hydrogen-bond donors (Lipinski definition) is 1. The Morgan fingerprint density at radius 3 is 2.67 bits per heavy atom. The molecule has 0 atom stereocenters. The first-order valence-electron chi connectivity index (χ1n) is 4.83. The van der Waals surface area contributed by atoms with Crippen molar-refractivity contribution >= 4 is 0 Å². The molecule has 1 rings (SSSR count). The molecule has 1 radical (unpaired) electrons. The fraction of sp³-hybridized carbons (Fsp3) is 0.900. The summed E-state index contributed by atoms with van der Waals surface area (Å²) in [5.41, 5.74) is 0. The molecule has 2 heteroatoms. The molecule has 0 amide bonds. The Hall–Kier alpha value is 1.06. The van der Waals surface area contributed by atoms with E-state index in [9.17, 15) is 0 Å². The molecule has 0 aromatic rings. The van der Waals surface area contributed by atoms with E-state index in [1.165, 1.54) is 38.8 Å². The van der Waals surface area contributed by atoms with Crippen LogP contribution < -0.4 is 5.32 Å². The van der Waals surface area contributed by atoms with Crippen molar-refractivity contribution in [1.29, 1.82) is 0 Å². The third-order valence-corrected chi connectivity index (χ3v) is 2.34. The van der Waals surface area contributed by atoms with Gasteiger partial charge in [0.2, 0.25) is 0 Å². The van der Waals surface area contributed by atoms with Crippen molar-refractivity contribution < 1.29 is 32.7 Å². The van der Waals surface area contributed by atoms with Crippen molar-refractivity contribution in [3.8, 4) is 0 Å². The van der Waals surface area contributed by atoms with Crippen molar-refractivity contribution in [3.05, 3.63) is 5.92 Å². The average molecular weight is 243 g/mol. The van der Waals surface area contributed by atoms with E-state index in [-0.39, 0.29) is 32.7 Å². The summed E-state index contributed by atoms with van der Waals surface area (Å²) < 4.78 is 0. The van der Waals surface area contributed by atoms with Gasteiger partial charge in [-0.25, -0.2) is 0 Å². The Labute approximate surface area is 102 Å². The second-order valence-corrected chi connectivity index (χ2v) is 3.96. The van der Waals surface area contributed by atoms with E-state index in [0.717, 1.165) is 5.92 Å². The van der Waals surface area contributed by atoms with Crippen LogP contribution in [0.2, 0.25) is 0 Å². The van der Waals surface area contributed by atoms with Gasteiger partial charge in [-0.2, -0.15) is 12.8 Å². The van der Waals surface area contributed by atoms with Gasteiger partial charge >= 0.3 is 0 Å². The summed E-state index contributed by atoms with van der Waals surface area (Å²) in [5.74, 6) is 2.62. The van der Waals surface area contributed by atoms with Crippen LogP contribution in [0.4, 0.5) is 0 Å². The van der Waals surface area contributed by atoms with E-state index in [4.69, 9.17) is 0 Å². The van der Waals surface area contributed by atoms with Crippen LogP contribution in [0.5, 0.6) is 0 Å². The average Bonchev–Trinajstić information content (AvgIpc) is 2.39. The molecule has 1 nitrogen and oxygen atoms in total. The molecular formula is C10H20NY-. The molecule has 1 fully saturated rings. The predicted octanol–water partition coefficient (Wildman–Crippen LogP) is 2.38. The zero-order valence-electron chi connectivity index (χ0n) is 8.40. The summed E-state index contributed by atoms with van der Waals surface area (Å²) in [6, 6.07) is 0. The molecule has 0 aromatic carbocycles. The Balaban J connectivity index is 0.00000121. The Kier molecular flexibility index (Phi) is 8.13. The molecule has 0 spiro atoms. The molecule has 1 saturated heterocycles. The van der Waals surface area contributed by atoms with Gasteiger partial charge in [-0.05, 0) is 12.5 Å². The molecule has 0 aromatic heterocycles. The van der Waals surface area contributed by atoms with Gasteiger partial charge in [0.1, 0.15) is 0 Å². The molecule has 1 aliphatic heterocycles. The molecule has 12 heavy (non-hydrogen) atoms. The molecule has 1 heterocycles. The molecule has 0 aliphatic carbocycles. The maximum absolute atomic E-state index is 3.37. The van der Waals surface area contributed by atoms with Crippen LogP contribution in [0, 0.1) is 11.8 Å². The first-order valence-corrected chi connectivity index (χ1v) is 4.83. The summed E-state index contributed by atoms with van der Waals surface area (Å²) >= 11 is 0. The maximum Gasteiger partial charge on any atom is 0 e. The SMILES string of the molecule is CC(C)CCC[C-]1CCNC1.[Y]. The van der Waals surface area contributed by atoms with Crippen LogP contribution in [0.15, 0.2) is 0 Å². The van der Waals surface area contributed by atoms with Gasteiger partial charge in [-0.3, -0.25) is 5.92 Å². The number of rotatable bonds is 4. The summed E-state index contributed by atoms with van der Waals surface area (Å²) in [4.78, 5) is 0. The number of nitrogens with one attached hydrogen (secondary N) is 1. The molecule has 69 valence electrons. The van der Waals surface area contributed by atoms with E-state index >= 15 is 0 Å². The number of hydrogen-bond acceptors (Lipinski definition) is 1. The predicted molar refractivity (Wildman–Crippen MR) is 49.4 cm³/mol. The molecule has 0 saturated carbocycles. The second-order valence-electron chi connectivity index (χ2n) is 3.96. The van der Waals surface area contributed by atoms with Crippen LogP contribution in [-0.4, -0.2) is 13.1 Å². The van der Waals surface area contributed by atoms with Gasteiger partial charge in [-0.15, -0.1) is 6.54 Å². The van der Waals surface area contributed by atoms with Crippen LogP contribution in [-0.2, 0) is 32.7 Å². The fourth-order valence-corrected chi connectivity index (χ4v) is 1.59. The van der Waals surface area contributed by atoms with E-state index in [1.54, 1.807) is 5.92 Å². The quantitative estimate of drug-likeness (QED) is 0.747. The second kappa shape index (κ2) is 7.47. The normalized spacial score (nSPS) is 18.2. The summed E-state index contributed by atoms with van der Waals surface area (Å²) in [5, 5.41) is 3.37. The Bertz CT molecular complexity index is 98.0. The fourth-order valence-electron chi connectivity index (χ4n) is 1.59. The molecule has 0 unspecified atom stereocenters. The maximum atomic E-state index is 3.37. The van der Waals surface area contributed by atoms with Crippen LogP contribution in [0.25, 0.3) is 0 Å². The monoisotopic (exact) mass is 243 g/mol. The van der Waals surface area contributed by atoms with E-state index in [2.05, 4.69) is 19.2 Å². The third kappa shape index (κ3) is 5.67. The van der Waals surface area contributed by atoms with Crippen molar-refractivity contribution in [2.24, 2.45) is 5.92 Å². The zero-order chi connectivity index (χ0) is 8.10. The van der Waals surface area contributed by atoms with Gasteiger partial charge < -0.3 is 5.32 Å². The minimum atomic E-state index is 0. The van der Waals surface area contributed by atoms with Crippen molar-refractivity contribution in [1.82, 2.24) is 5.32 Å². The molecule has 1 aliphatic rings. The minimum absolute atomic E-state index is 0. The van der Waals surface area contributed by atoms with E-state index in [0.29, 0.717) is 0 Å². The first-order chi connectivity index (χ1) is 5.29. The standard InChI is InChI=1S/C10H20N.Y/c1-9(2)4-3-5-10-6-7-11-8-10;/h9,11H,3-8H2,1-2H3;/q-1;. The van der Waals surface area contributed by atoms with Crippen molar-refractivity contribution in [2.75, 3.05) is 13.1 Å². The third-order valence-electron chi connectivity index (χ3n) is 2.34. The van der Waals surface area contributed by atoms with Crippen molar-refractivity contribution in [3.63, 3.8) is 0 Å². The molecule has 1 N–H and O–H groups in total. The van der Waals surface area contributed by atoms with E-state index in [1.807, 2.05) is 0 Å². The van der Waals surface area contributed by atoms with Crippen LogP contribution >= 0.6 is 0 Å². The van der Waals surface area contributed by atoms with Gasteiger partial charge in [-0.1, -0.05) is 26.7 Å². The molecule has 0 bridgehead atoms. The largest absolute Gasteiger partial charge is 0.348 e. The summed E-state index contributed by atoms with van der Waals surface area (Å²) in [6.07, 6.45) is 5.49. The van der Waals surface area contributed by atoms with E-state index < -0.39 is 0 Å². The zero-order valence-corrected chi connectivity index (χ0v) is 11.2. The topological polar surface area (TPSA) is 12.0 Å². The first kappa shape index (κ1) is 13.1. The molecular weight excluding hydrogens is 223 g/mol. The van der Waals surface area contributed by atoms with Gasteiger partial charge in [0.05, 0.1) is 0 Å². The van der Waals surface area contributed by atoms with Gasteiger partial charge in [0.25, 0.3) is 0 Å². The van der Waals surface area contributed by atoms with Crippen LogP contribution in [0.1, 0.15) is 39.5 Å². The summed E-state index contributed by atoms with van der Waals surface area (Å²) in [7, 11) is 0. The minimum Gasteiger partial charge on any atom is -0.348 e. The Morgan fingerprint density at radius 2 is 2.17 bits per heavy atom. The van der Waals surface area contributed by atoms with Gasteiger partial charge in [0.15, 0.2) is 0 Å². The van der Waals surface area contributed by atoms with Gasteiger partial charge in [0, 0.05) is 32.7 Å². The summed E-state index contributed by atoms with van der Waals surface area (Å²) in [6.45, 7) is 7.02. The smallest absolute Gasteiger partial charge is 0 e. The van der Waals surface area contributed by atoms with Crippen molar-refractivity contribution in [2.45, 2.75) is 39.5 Å². The Morgan fingerprint density at radius 1 is 1.42 bits per heavy atom.